The number of benzene rings is 2. The molecule has 128 valence electrons. The third-order valence-corrected chi connectivity index (χ3v) is 3.59. The molecular weight excluding hydrogens is 310 g/mol. The number of aromatic hydroxyl groups is 2. The predicted molar refractivity (Wildman–Crippen MR) is 89.7 cm³/mol. The Morgan fingerprint density at radius 3 is 2.33 bits per heavy atom. The number of nitrogens with one attached hydrogen (secondary N) is 1. The van der Waals surface area contributed by atoms with E-state index in [9.17, 15) is 15.0 Å². The second-order valence-electron chi connectivity index (χ2n) is 5.29. The fourth-order valence-electron chi connectivity index (χ4n) is 2.32. The fraction of sp³-hybridized carbons (Fsp3) is 0.278. The second-order valence-corrected chi connectivity index (χ2v) is 5.29. The summed E-state index contributed by atoms with van der Waals surface area (Å²) < 4.78 is 10.0. The summed E-state index contributed by atoms with van der Waals surface area (Å²) in [6.07, 6.45) is 0.798. The molecule has 0 bridgehead atoms. The maximum absolute atomic E-state index is 12.0. The largest absolute Gasteiger partial charge is 0.504 e. The van der Waals surface area contributed by atoms with Crippen LogP contribution in [-0.2, 0) is 17.6 Å². The first kappa shape index (κ1) is 17.5. The molecular formula is C18H21NO5. The van der Waals surface area contributed by atoms with Gasteiger partial charge >= 0.3 is 0 Å². The molecule has 2 aromatic rings. The lowest BCUT2D eigenvalue weighted by Crippen LogP contribution is -2.27. The van der Waals surface area contributed by atoms with Crippen LogP contribution in [0.5, 0.6) is 23.0 Å². The zero-order valence-electron chi connectivity index (χ0n) is 13.7. The van der Waals surface area contributed by atoms with E-state index in [1.165, 1.54) is 20.3 Å². The predicted octanol–water partition coefficient (Wildman–Crippen LogP) is 2.02. The van der Waals surface area contributed by atoms with Gasteiger partial charge in [0, 0.05) is 6.54 Å². The van der Waals surface area contributed by atoms with E-state index in [-0.39, 0.29) is 23.8 Å². The Morgan fingerprint density at radius 1 is 0.958 bits per heavy atom. The van der Waals surface area contributed by atoms with Crippen LogP contribution in [0.25, 0.3) is 0 Å². The maximum Gasteiger partial charge on any atom is 0.224 e. The van der Waals surface area contributed by atoms with E-state index in [1.807, 2.05) is 0 Å². The van der Waals surface area contributed by atoms with E-state index < -0.39 is 0 Å². The summed E-state index contributed by atoms with van der Waals surface area (Å²) in [6, 6.07) is 9.97. The van der Waals surface area contributed by atoms with Crippen molar-refractivity contribution in [1.29, 1.82) is 0 Å². The molecule has 1 amide bonds. The van der Waals surface area contributed by atoms with Crippen molar-refractivity contribution in [3.63, 3.8) is 0 Å². The van der Waals surface area contributed by atoms with Crippen molar-refractivity contribution in [3.8, 4) is 23.0 Å². The van der Waals surface area contributed by atoms with Gasteiger partial charge in [-0.25, -0.2) is 0 Å². The van der Waals surface area contributed by atoms with Crippen molar-refractivity contribution < 1.29 is 24.5 Å². The zero-order valence-corrected chi connectivity index (χ0v) is 13.7. The standard InChI is InChI=1S/C18H21NO5/c1-23-16-6-4-13(9-15(16)21)11-18(22)19-8-7-12-3-5-14(20)17(10-12)24-2/h3-6,9-10,20-21H,7-8,11H2,1-2H3,(H,19,22). The van der Waals surface area contributed by atoms with E-state index in [1.54, 1.807) is 30.3 Å². The van der Waals surface area contributed by atoms with E-state index in [4.69, 9.17) is 9.47 Å². The van der Waals surface area contributed by atoms with E-state index in [2.05, 4.69) is 5.32 Å². The molecule has 24 heavy (non-hydrogen) atoms. The van der Waals surface area contributed by atoms with Crippen molar-refractivity contribution in [3.05, 3.63) is 47.5 Å². The molecule has 0 heterocycles. The molecule has 0 aliphatic heterocycles. The van der Waals surface area contributed by atoms with E-state index in [0.29, 0.717) is 30.0 Å². The first-order valence-corrected chi connectivity index (χ1v) is 7.52. The molecule has 0 saturated heterocycles. The van der Waals surface area contributed by atoms with Crippen molar-refractivity contribution in [2.45, 2.75) is 12.8 Å². The molecule has 0 aromatic heterocycles. The van der Waals surface area contributed by atoms with Gasteiger partial charge in [0.05, 0.1) is 20.6 Å². The summed E-state index contributed by atoms with van der Waals surface area (Å²) >= 11 is 0. The summed E-state index contributed by atoms with van der Waals surface area (Å²) in [7, 11) is 2.96. The number of phenolic OH excluding ortho intramolecular Hbond substituents is 2. The van der Waals surface area contributed by atoms with Crippen molar-refractivity contribution >= 4 is 5.91 Å². The first-order chi connectivity index (χ1) is 11.5. The normalized spacial score (nSPS) is 10.2. The maximum atomic E-state index is 12.0. The molecule has 0 atom stereocenters. The highest BCUT2D eigenvalue weighted by atomic mass is 16.5. The smallest absolute Gasteiger partial charge is 0.224 e. The highest BCUT2D eigenvalue weighted by Crippen LogP contribution is 2.27. The lowest BCUT2D eigenvalue weighted by molar-refractivity contribution is -0.120. The summed E-state index contributed by atoms with van der Waals surface area (Å²) in [4.78, 5) is 12.0. The van der Waals surface area contributed by atoms with Gasteiger partial charge in [-0.1, -0.05) is 12.1 Å². The zero-order chi connectivity index (χ0) is 17.5. The Bertz CT molecular complexity index is 715. The molecule has 3 N–H and O–H groups in total. The van der Waals surface area contributed by atoms with Crippen LogP contribution in [0.3, 0.4) is 0 Å². The molecule has 0 fully saturated rings. The van der Waals surface area contributed by atoms with Gasteiger partial charge in [0.25, 0.3) is 0 Å². The molecule has 0 aliphatic rings. The Balaban J connectivity index is 1.84. The van der Waals surface area contributed by atoms with Gasteiger partial charge in [0.15, 0.2) is 23.0 Å². The monoisotopic (exact) mass is 331 g/mol. The topological polar surface area (TPSA) is 88.0 Å². The Morgan fingerprint density at radius 2 is 1.67 bits per heavy atom. The minimum Gasteiger partial charge on any atom is -0.504 e. The summed E-state index contributed by atoms with van der Waals surface area (Å²) in [5.74, 6) is 0.752. The second kappa shape index (κ2) is 8.10. The Kier molecular flexibility index (Phi) is 5.89. The first-order valence-electron chi connectivity index (χ1n) is 7.52. The average molecular weight is 331 g/mol. The van der Waals surface area contributed by atoms with Crippen LogP contribution < -0.4 is 14.8 Å². The number of carbonyl (C=O) groups is 1. The molecule has 6 heteroatoms. The van der Waals surface area contributed by atoms with E-state index in [0.717, 1.165) is 5.56 Å². The molecule has 2 aromatic carbocycles. The van der Waals surface area contributed by atoms with Gasteiger partial charge in [0.2, 0.25) is 5.91 Å². The van der Waals surface area contributed by atoms with Crippen molar-refractivity contribution in [1.82, 2.24) is 5.32 Å². The highest BCUT2D eigenvalue weighted by Gasteiger charge is 2.08. The molecule has 0 unspecified atom stereocenters. The molecule has 0 radical (unpaired) electrons. The van der Waals surface area contributed by atoms with Crippen LogP contribution >= 0.6 is 0 Å². The molecule has 0 aliphatic carbocycles. The van der Waals surface area contributed by atoms with Crippen LogP contribution in [0.15, 0.2) is 36.4 Å². The summed E-state index contributed by atoms with van der Waals surface area (Å²) in [5.41, 5.74) is 1.66. The summed E-state index contributed by atoms with van der Waals surface area (Å²) in [5, 5.41) is 22.1. The van der Waals surface area contributed by atoms with E-state index >= 15 is 0 Å². The van der Waals surface area contributed by atoms with Gasteiger partial charge in [-0.2, -0.15) is 0 Å². The molecule has 0 spiro atoms. The number of hydrogen-bond donors (Lipinski definition) is 3. The third kappa shape index (κ3) is 4.55. The van der Waals surface area contributed by atoms with Crippen LogP contribution in [0.2, 0.25) is 0 Å². The van der Waals surface area contributed by atoms with Crippen molar-refractivity contribution in [2.75, 3.05) is 20.8 Å². The van der Waals surface area contributed by atoms with Crippen LogP contribution in [-0.4, -0.2) is 36.9 Å². The number of carbonyl (C=O) groups excluding carboxylic acids is 1. The fourth-order valence-corrected chi connectivity index (χ4v) is 2.32. The third-order valence-electron chi connectivity index (χ3n) is 3.59. The minimum atomic E-state index is -0.134. The number of ether oxygens (including phenoxy) is 2. The van der Waals surface area contributed by atoms with Gasteiger partial charge in [-0.3, -0.25) is 4.79 Å². The lowest BCUT2D eigenvalue weighted by Gasteiger charge is -2.09. The lowest BCUT2D eigenvalue weighted by atomic mass is 10.1. The quantitative estimate of drug-likeness (QED) is 0.722. The van der Waals surface area contributed by atoms with Crippen LogP contribution in [0, 0.1) is 0 Å². The average Bonchev–Trinajstić information content (AvgIpc) is 2.56. The number of rotatable bonds is 7. The van der Waals surface area contributed by atoms with Gasteiger partial charge < -0.3 is 25.0 Å². The van der Waals surface area contributed by atoms with Gasteiger partial charge in [-0.15, -0.1) is 0 Å². The highest BCUT2D eigenvalue weighted by molar-refractivity contribution is 5.78. The van der Waals surface area contributed by atoms with Crippen molar-refractivity contribution in [2.24, 2.45) is 0 Å². The Labute approximate surface area is 140 Å². The molecule has 0 saturated carbocycles. The molecule has 2 rings (SSSR count). The minimum absolute atomic E-state index is 0.0130. The Hall–Kier alpha value is -2.89. The van der Waals surface area contributed by atoms with Gasteiger partial charge in [-0.05, 0) is 41.8 Å². The number of hydrogen-bond acceptors (Lipinski definition) is 5. The van der Waals surface area contributed by atoms with Crippen LogP contribution in [0.4, 0.5) is 0 Å². The number of amides is 1. The van der Waals surface area contributed by atoms with Gasteiger partial charge in [0.1, 0.15) is 0 Å². The molecule has 6 nitrogen and oxygen atoms in total. The number of methoxy groups -OCH3 is 2. The summed E-state index contributed by atoms with van der Waals surface area (Å²) in [6.45, 7) is 0.467. The SMILES string of the molecule is COc1ccc(CC(=O)NCCc2ccc(O)c(OC)c2)cc1O. The number of phenols is 2. The van der Waals surface area contributed by atoms with Crippen LogP contribution in [0.1, 0.15) is 11.1 Å².